The van der Waals surface area contributed by atoms with Crippen LogP contribution in [0.3, 0.4) is 0 Å². The smallest absolute Gasteiger partial charge is 0.241 e. The standard InChI is InChI=1S/C15H16N5O4/c1-13(2)22-10-11(23-13)15(21,24-14(10,3)6-16)9-5-4-8-12(17)18-7-19-20(8)9/h4-5,7,10-11,21H,3H2,1-2H3,(H2,17,18,19)/t10-,11-,14+,15?/m0/s1. The average Bonchev–Trinajstić information content (AvgIpc) is 3.14. The lowest BCUT2D eigenvalue weighted by molar-refractivity contribution is -0.288. The van der Waals surface area contributed by atoms with Gasteiger partial charge in [0.2, 0.25) is 5.79 Å². The van der Waals surface area contributed by atoms with E-state index in [0.717, 1.165) is 0 Å². The molecule has 2 fully saturated rings. The van der Waals surface area contributed by atoms with Crippen molar-refractivity contribution in [2.45, 2.75) is 43.2 Å². The molecule has 0 bridgehead atoms. The van der Waals surface area contributed by atoms with Crippen molar-refractivity contribution >= 4 is 11.3 Å². The maximum atomic E-state index is 11.3. The molecule has 2 aliphatic rings. The van der Waals surface area contributed by atoms with Gasteiger partial charge in [-0.05, 0) is 32.9 Å². The van der Waals surface area contributed by atoms with Crippen LogP contribution >= 0.6 is 0 Å². The lowest BCUT2D eigenvalue weighted by Gasteiger charge is -2.30. The van der Waals surface area contributed by atoms with Gasteiger partial charge >= 0.3 is 0 Å². The van der Waals surface area contributed by atoms with Crippen molar-refractivity contribution in [3.63, 3.8) is 0 Å². The Hall–Kier alpha value is -2.25. The first-order valence-electron chi connectivity index (χ1n) is 7.34. The number of nitrogen functional groups attached to an aromatic ring is 1. The van der Waals surface area contributed by atoms with E-state index in [0.29, 0.717) is 5.52 Å². The van der Waals surface area contributed by atoms with Crippen LogP contribution < -0.4 is 5.73 Å². The van der Waals surface area contributed by atoms with Crippen LogP contribution in [0.2, 0.25) is 0 Å². The van der Waals surface area contributed by atoms with Crippen molar-refractivity contribution in [1.29, 1.82) is 5.26 Å². The molecule has 4 rings (SSSR count). The zero-order valence-electron chi connectivity index (χ0n) is 13.1. The number of aromatic nitrogens is 3. The lowest BCUT2D eigenvalue weighted by Crippen LogP contribution is -2.41. The van der Waals surface area contributed by atoms with Crippen LogP contribution in [0, 0.1) is 18.3 Å². The number of rotatable bonds is 1. The summed E-state index contributed by atoms with van der Waals surface area (Å²) >= 11 is 0. The molecule has 2 aromatic heterocycles. The number of hydrogen-bond donors (Lipinski definition) is 2. The minimum Gasteiger partial charge on any atom is -0.382 e. The first-order valence-corrected chi connectivity index (χ1v) is 7.34. The highest BCUT2D eigenvalue weighted by Crippen LogP contribution is 2.51. The molecule has 0 aromatic carbocycles. The SMILES string of the molecule is [CH2][C@]1(C#N)OC(O)(c2ccc3c(N)ncnn23)[C@H]2OC(C)(C)O[C@@H]21. The van der Waals surface area contributed by atoms with Gasteiger partial charge in [-0.25, -0.2) is 9.50 Å². The highest BCUT2D eigenvalue weighted by Gasteiger charge is 2.69. The molecule has 9 nitrogen and oxygen atoms in total. The Morgan fingerprint density at radius 1 is 1.38 bits per heavy atom. The summed E-state index contributed by atoms with van der Waals surface area (Å²) < 4.78 is 18.6. The molecule has 125 valence electrons. The first kappa shape index (κ1) is 15.3. The number of ether oxygens (including phenoxy) is 3. The predicted molar refractivity (Wildman–Crippen MR) is 79.9 cm³/mol. The maximum absolute atomic E-state index is 11.3. The van der Waals surface area contributed by atoms with Crippen LogP contribution in [-0.4, -0.2) is 43.3 Å². The minimum absolute atomic E-state index is 0.250. The molecule has 2 aromatic rings. The Bertz CT molecular complexity index is 874. The van der Waals surface area contributed by atoms with Crippen LogP contribution in [0.4, 0.5) is 5.82 Å². The zero-order valence-corrected chi connectivity index (χ0v) is 13.1. The van der Waals surface area contributed by atoms with Crippen LogP contribution in [-0.2, 0) is 20.0 Å². The van der Waals surface area contributed by atoms with Crippen molar-refractivity contribution in [1.82, 2.24) is 14.6 Å². The molecule has 0 saturated carbocycles. The molecular weight excluding hydrogens is 314 g/mol. The number of aliphatic hydroxyl groups is 1. The molecule has 0 spiro atoms. The van der Waals surface area contributed by atoms with Crippen LogP contribution in [0.1, 0.15) is 19.5 Å². The van der Waals surface area contributed by atoms with E-state index in [-0.39, 0.29) is 11.5 Å². The number of anilines is 1. The highest BCUT2D eigenvalue weighted by atomic mass is 16.8. The Labute approximate surface area is 137 Å². The number of fused-ring (bicyclic) bond motifs is 2. The molecule has 1 unspecified atom stereocenters. The van der Waals surface area contributed by atoms with Crippen molar-refractivity contribution in [3.8, 4) is 6.07 Å². The molecule has 4 atom stereocenters. The summed E-state index contributed by atoms with van der Waals surface area (Å²) in [6.07, 6.45) is -0.564. The van der Waals surface area contributed by atoms with E-state index in [1.54, 1.807) is 26.0 Å². The van der Waals surface area contributed by atoms with E-state index >= 15 is 0 Å². The fraction of sp³-hybridized carbons (Fsp3) is 0.467. The number of hydrogen-bond acceptors (Lipinski definition) is 8. The summed E-state index contributed by atoms with van der Waals surface area (Å²) in [5.74, 6) is -2.73. The second-order valence-electron chi connectivity index (χ2n) is 6.44. The molecule has 0 amide bonds. The fourth-order valence-electron chi connectivity index (χ4n) is 3.29. The van der Waals surface area contributed by atoms with E-state index in [1.807, 2.05) is 6.07 Å². The van der Waals surface area contributed by atoms with Gasteiger partial charge in [0.05, 0.1) is 0 Å². The second-order valence-corrected chi connectivity index (χ2v) is 6.44. The molecule has 2 aliphatic heterocycles. The largest absolute Gasteiger partial charge is 0.382 e. The molecule has 24 heavy (non-hydrogen) atoms. The zero-order chi connectivity index (χ0) is 17.3. The van der Waals surface area contributed by atoms with Gasteiger partial charge in [0, 0.05) is 0 Å². The Morgan fingerprint density at radius 2 is 2.08 bits per heavy atom. The predicted octanol–water partition coefficient (Wildman–Crippen LogP) is 0.103. The summed E-state index contributed by atoms with van der Waals surface area (Å²) in [4.78, 5) is 3.91. The summed E-state index contributed by atoms with van der Waals surface area (Å²) in [7, 11) is 0. The Balaban J connectivity index is 1.90. The Kier molecular flexibility index (Phi) is 2.82. The summed E-state index contributed by atoms with van der Waals surface area (Å²) in [5.41, 5.74) is 4.95. The lowest BCUT2D eigenvalue weighted by atomic mass is 9.96. The van der Waals surface area contributed by atoms with E-state index in [4.69, 9.17) is 19.9 Å². The third kappa shape index (κ3) is 1.82. The van der Waals surface area contributed by atoms with E-state index < -0.39 is 29.4 Å². The number of nitrogens with zero attached hydrogens (tertiary/aromatic N) is 4. The molecule has 1 radical (unpaired) electrons. The fourth-order valence-corrected chi connectivity index (χ4v) is 3.29. The topological polar surface area (TPSA) is 128 Å². The molecule has 3 N–H and O–H groups in total. The van der Waals surface area contributed by atoms with Gasteiger partial charge in [-0.2, -0.15) is 10.4 Å². The van der Waals surface area contributed by atoms with Gasteiger partial charge in [0.15, 0.2) is 23.3 Å². The van der Waals surface area contributed by atoms with Crippen molar-refractivity contribution < 1.29 is 19.3 Å². The van der Waals surface area contributed by atoms with E-state index in [1.165, 1.54) is 10.8 Å². The molecule has 4 heterocycles. The van der Waals surface area contributed by atoms with Crippen molar-refractivity contribution in [3.05, 3.63) is 31.1 Å². The highest BCUT2D eigenvalue weighted by molar-refractivity contribution is 5.65. The third-order valence-electron chi connectivity index (χ3n) is 4.32. The van der Waals surface area contributed by atoms with Crippen LogP contribution in [0.15, 0.2) is 18.5 Å². The monoisotopic (exact) mass is 330 g/mol. The summed E-state index contributed by atoms with van der Waals surface area (Å²) in [6.45, 7) is 7.17. The van der Waals surface area contributed by atoms with Gasteiger partial charge in [0.1, 0.15) is 29.7 Å². The van der Waals surface area contributed by atoms with Gasteiger partial charge in [-0.15, -0.1) is 0 Å². The van der Waals surface area contributed by atoms with Crippen LogP contribution in [0.25, 0.3) is 5.52 Å². The summed E-state index contributed by atoms with van der Waals surface area (Å²) in [5, 5.41) is 24.9. The van der Waals surface area contributed by atoms with Gasteiger partial charge in [-0.1, -0.05) is 0 Å². The average molecular weight is 330 g/mol. The quantitative estimate of drug-likeness (QED) is 0.753. The van der Waals surface area contributed by atoms with E-state index in [2.05, 4.69) is 17.0 Å². The van der Waals surface area contributed by atoms with Gasteiger partial charge in [-0.3, -0.25) is 0 Å². The second kappa shape index (κ2) is 4.43. The molecular formula is C15H16N5O4. The number of nitrogens with two attached hydrogens (primary N) is 1. The molecule has 0 aliphatic carbocycles. The first-order chi connectivity index (χ1) is 11.2. The van der Waals surface area contributed by atoms with E-state index in [9.17, 15) is 10.4 Å². The minimum atomic E-state index is -1.98. The number of nitriles is 1. The molecule has 9 heteroatoms. The maximum Gasteiger partial charge on any atom is 0.241 e. The molecule has 2 saturated heterocycles. The third-order valence-corrected chi connectivity index (χ3v) is 4.32. The Morgan fingerprint density at radius 3 is 2.79 bits per heavy atom. The summed E-state index contributed by atoms with van der Waals surface area (Å²) in [6, 6.07) is 5.20. The van der Waals surface area contributed by atoms with Crippen LogP contribution in [0.5, 0.6) is 0 Å². The normalized spacial score (nSPS) is 37.5. The van der Waals surface area contributed by atoms with Crippen molar-refractivity contribution in [2.24, 2.45) is 0 Å². The van der Waals surface area contributed by atoms with Gasteiger partial charge < -0.3 is 25.1 Å². The van der Waals surface area contributed by atoms with Gasteiger partial charge in [0.25, 0.3) is 0 Å². The van der Waals surface area contributed by atoms with Crippen molar-refractivity contribution in [2.75, 3.05) is 5.73 Å².